The number of hydrogen-bond donors (Lipinski definition) is 2. The molecule has 6 nitrogen and oxygen atoms in total. The molecule has 0 bridgehead atoms. The normalized spacial score (nSPS) is 10.9. The minimum atomic E-state index is -0.138. The van der Waals surface area contributed by atoms with E-state index < -0.39 is 0 Å². The minimum absolute atomic E-state index is 0.138. The summed E-state index contributed by atoms with van der Waals surface area (Å²) in [6.45, 7) is 0. The number of aromatic amines is 1. The van der Waals surface area contributed by atoms with Crippen LogP contribution in [-0.2, 0) is 4.79 Å². The predicted octanol–water partition coefficient (Wildman–Crippen LogP) is 3.81. The maximum atomic E-state index is 12.1. The van der Waals surface area contributed by atoms with E-state index in [4.69, 9.17) is 0 Å². The van der Waals surface area contributed by atoms with Crippen LogP contribution < -0.4 is 5.32 Å². The Hall–Kier alpha value is -2.71. The van der Waals surface area contributed by atoms with Gasteiger partial charge in [-0.25, -0.2) is 4.98 Å². The van der Waals surface area contributed by atoms with E-state index in [0.29, 0.717) is 5.13 Å². The van der Waals surface area contributed by atoms with Gasteiger partial charge in [0.15, 0.2) is 5.16 Å². The number of nitrogens with zero attached hydrogens (tertiary/aromatic N) is 3. The van der Waals surface area contributed by atoms with Crippen molar-refractivity contribution in [3.8, 4) is 10.6 Å². The number of thioether (sulfide) groups is 1. The second kappa shape index (κ2) is 7.04. The Morgan fingerprint density at radius 2 is 1.88 bits per heavy atom. The minimum Gasteiger partial charge on any atom is -0.333 e. The SMILES string of the molecule is O=C(CSc1nc2ccccc2[nH]1)Nc1nnc(-c2ccccc2)s1. The number of para-hydroxylation sites is 2. The molecule has 0 atom stereocenters. The third-order valence-corrected chi connectivity index (χ3v) is 5.16. The Morgan fingerprint density at radius 3 is 2.72 bits per heavy atom. The first-order valence-corrected chi connectivity index (χ1v) is 9.34. The molecular weight excluding hydrogens is 354 g/mol. The second-order valence-corrected chi connectivity index (χ2v) is 7.12. The second-order valence-electron chi connectivity index (χ2n) is 5.17. The van der Waals surface area contributed by atoms with Gasteiger partial charge < -0.3 is 4.98 Å². The van der Waals surface area contributed by atoms with Gasteiger partial charge in [0.25, 0.3) is 0 Å². The number of H-pyrrole nitrogens is 1. The van der Waals surface area contributed by atoms with Gasteiger partial charge in [-0.2, -0.15) is 0 Å². The number of anilines is 1. The lowest BCUT2D eigenvalue weighted by Crippen LogP contribution is -2.13. The lowest BCUT2D eigenvalue weighted by Gasteiger charge is -1.98. The first-order valence-electron chi connectivity index (χ1n) is 7.54. The third kappa shape index (κ3) is 3.70. The van der Waals surface area contributed by atoms with Gasteiger partial charge in [-0.05, 0) is 12.1 Å². The van der Waals surface area contributed by atoms with E-state index in [9.17, 15) is 4.79 Å². The molecule has 0 unspecified atom stereocenters. The molecule has 8 heteroatoms. The monoisotopic (exact) mass is 367 g/mol. The zero-order chi connectivity index (χ0) is 17.1. The number of nitrogens with one attached hydrogen (secondary N) is 2. The zero-order valence-electron chi connectivity index (χ0n) is 13.0. The molecule has 2 aromatic heterocycles. The number of imidazole rings is 1. The van der Waals surface area contributed by atoms with E-state index >= 15 is 0 Å². The van der Waals surface area contributed by atoms with Crippen molar-refractivity contribution in [2.75, 3.05) is 11.1 Å². The van der Waals surface area contributed by atoms with Gasteiger partial charge in [-0.3, -0.25) is 10.1 Å². The zero-order valence-corrected chi connectivity index (χ0v) is 14.6. The first kappa shape index (κ1) is 15.8. The number of amides is 1. The fourth-order valence-corrected chi connectivity index (χ4v) is 3.71. The van der Waals surface area contributed by atoms with Gasteiger partial charge in [0.2, 0.25) is 11.0 Å². The number of benzene rings is 2. The molecule has 0 fully saturated rings. The molecule has 25 heavy (non-hydrogen) atoms. The van der Waals surface area contributed by atoms with Crippen LogP contribution in [0.15, 0.2) is 59.8 Å². The summed E-state index contributed by atoms with van der Waals surface area (Å²) in [5, 5.41) is 12.9. The number of fused-ring (bicyclic) bond motifs is 1. The molecule has 4 rings (SSSR count). The predicted molar refractivity (Wildman–Crippen MR) is 101 cm³/mol. The Bertz CT molecular complexity index is 979. The van der Waals surface area contributed by atoms with Crippen LogP contribution in [0.3, 0.4) is 0 Å². The number of carbonyl (C=O) groups is 1. The van der Waals surface area contributed by atoms with E-state index in [0.717, 1.165) is 26.8 Å². The first-order chi connectivity index (χ1) is 12.3. The van der Waals surface area contributed by atoms with Crippen LogP contribution >= 0.6 is 23.1 Å². The van der Waals surface area contributed by atoms with Crippen molar-refractivity contribution in [3.63, 3.8) is 0 Å². The number of hydrogen-bond acceptors (Lipinski definition) is 6. The van der Waals surface area contributed by atoms with Gasteiger partial charge in [-0.15, -0.1) is 10.2 Å². The summed E-state index contributed by atoms with van der Waals surface area (Å²) in [5.74, 6) is 0.112. The van der Waals surface area contributed by atoms with E-state index in [2.05, 4.69) is 25.5 Å². The lowest BCUT2D eigenvalue weighted by molar-refractivity contribution is -0.113. The largest absolute Gasteiger partial charge is 0.333 e. The fraction of sp³-hybridized carbons (Fsp3) is 0.0588. The molecule has 0 aliphatic heterocycles. The fourth-order valence-electron chi connectivity index (χ4n) is 2.26. The number of carbonyl (C=O) groups excluding carboxylic acids is 1. The highest BCUT2D eigenvalue weighted by atomic mass is 32.2. The molecule has 0 aliphatic rings. The van der Waals surface area contributed by atoms with Crippen molar-refractivity contribution in [2.24, 2.45) is 0 Å². The molecule has 0 radical (unpaired) electrons. The maximum absolute atomic E-state index is 12.1. The number of aromatic nitrogens is 4. The Labute approximate surface area is 151 Å². The van der Waals surface area contributed by atoms with Gasteiger partial charge in [-0.1, -0.05) is 65.6 Å². The van der Waals surface area contributed by atoms with Crippen LogP contribution in [0.25, 0.3) is 21.6 Å². The molecular formula is C17H13N5OS2. The van der Waals surface area contributed by atoms with Crippen LogP contribution in [0, 0.1) is 0 Å². The van der Waals surface area contributed by atoms with Crippen molar-refractivity contribution in [1.29, 1.82) is 0 Å². The summed E-state index contributed by atoms with van der Waals surface area (Å²) in [4.78, 5) is 19.7. The Balaban J connectivity index is 1.37. The standard InChI is InChI=1S/C17H13N5OS2/c23-14(10-24-16-18-12-8-4-5-9-13(12)19-16)20-17-22-21-15(25-17)11-6-2-1-3-7-11/h1-9H,10H2,(H,18,19)(H,20,22,23). The molecule has 0 spiro atoms. The van der Waals surface area contributed by atoms with Gasteiger partial charge in [0.1, 0.15) is 5.01 Å². The van der Waals surface area contributed by atoms with Crippen molar-refractivity contribution in [2.45, 2.75) is 5.16 Å². The third-order valence-electron chi connectivity index (χ3n) is 3.40. The summed E-state index contributed by atoms with van der Waals surface area (Å²) in [5.41, 5.74) is 2.83. The average Bonchev–Trinajstić information content (AvgIpc) is 3.27. The quantitative estimate of drug-likeness (QED) is 0.524. The topological polar surface area (TPSA) is 83.6 Å². The van der Waals surface area contributed by atoms with Crippen LogP contribution in [0.5, 0.6) is 0 Å². The smallest absolute Gasteiger partial charge is 0.236 e. The highest BCUT2D eigenvalue weighted by Crippen LogP contribution is 2.26. The molecule has 2 aromatic carbocycles. The van der Waals surface area contributed by atoms with Crippen LogP contribution in [0.1, 0.15) is 0 Å². The van der Waals surface area contributed by atoms with Gasteiger partial charge in [0.05, 0.1) is 16.8 Å². The molecule has 2 N–H and O–H groups in total. The highest BCUT2D eigenvalue weighted by molar-refractivity contribution is 7.99. The highest BCUT2D eigenvalue weighted by Gasteiger charge is 2.11. The maximum Gasteiger partial charge on any atom is 0.236 e. The van der Waals surface area contributed by atoms with Crippen molar-refractivity contribution < 1.29 is 4.79 Å². The van der Waals surface area contributed by atoms with Crippen LogP contribution in [0.4, 0.5) is 5.13 Å². The van der Waals surface area contributed by atoms with Gasteiger partial charge >= 0.3 is 0 Å². The molecule has 2 heterocycles. The lowest BCUT2D eigenvalue weighted by atomic mass is 10.2. The summed E-state index contributed by atoms with van der Waals surface area (Å²) >= 11 is 2.71. The molecule has 0 saturated heterocycles. The molecule has 4 aromatic rings. The van der Waals surface area contributed by atoms with E-state index in [1.165, 1.54) is 23.1 Å². The molecule has 124 valence electrons. The summed E-state index contributed by atoms with van der Waals surface area (Å²) in [6.07, 6.45) is 0. The Morgan fingerprint density at radius 1 is 1.08 bits per heavy atom. The average molecular weight is 367 g/mol. The molecule has 0 saturated carbocycles. The van der Waals surface area contributed by atoms with Crippen molar-refractivity contribution in [1.82, 2.24) is 20.2 Å². The summed E-state index contributed by atoms with van der Waals surface area (Å²) < 4.78 is 0. The summed E-state index contributed by atoms with van der Waals surface area (Å²) in [6, 6.07) is 17.5. The van der Waals surface area contributed by atoms with E-state index in [-0.39, 0.29) is 11.7 Å². The molecule has 1 amide bonds. The van der Waals surface area contributed by atoms with E-state index in [1.54, 1.807) is 0 Å². The van der Waals surface area contributed by atoms with E-state index in [1.807, 2.05) is 54.6 Å². The Kier molecular flexibility index (Phi) is 4.45. The van der Waals surface area contributed by atoms with Crippen LogP contribution in [-0.4, -0.2) is 31.8 Å². The number of rotatable bonds is 5. The van der Waals surface area contributed by atoms with Crippen molar-refractivity contribution >= 4 is 45.2 Å². The molecule has 0 aliphatic carbocycles. The van der Waals surface area contributed by atoms with Gasteiger partial charge in [0, 0.05) is 5.56 Å². The summed E-state index contributed by atoms with van der Waals surface area (Å²) in [7, 11) is 0. The van der Waals surface area contributed by atoms with Crippen molar-refractivity contribution in [3.05, 3.63) is 54.6 Å². The van der Waals surface area contributed by atoms with Crippen LogP contribution in [0.2, 0.25) is 0 Å².